The van der Waals surface area contributed by atoms with Crippen LogP contribution in [0.15, 0.2) is 28.7 Å². The molecule has 0 aliphatic carbocycles. The number of amides is 1. The maximum Gasteiger partial charge on any atom is 0.262 e. The summed E-state index contributed by atoms with van der Waals surface area (Å²) in [6.45, 7) is 5.38. The zero-order chi connectivity index (χ0) is 17.4. The molecule has 0 fully saturated rings. The van der Waals surface area contributed by atoms with E-state index >= 15 is 0 Å². The summed E-state index contributed by atoms with van der Waals surface area (Å²) in [6.07, 6.45) is 0. The second kappa shape index (κ2) is 6.59. The Kier molecular flexibility index (Phi) is 4.67. The first-order valence-corrected chi connectivity index (χ1v) is 8.74. The number of halogens is 2. The SMILES string of the molecule is Cc1oc(C)c(C(=O)Nc2nc(-c3ccc(Cl)cc3)c(C)s2)c1Cl. The van der Waals surface area contributed by atoms with Crippen molar-refractivity contribution in [2.24, 2.45) is 0 Å². The van der Waals surface area contributed by atoms with E-state index < -0.39 is 0 Å². The number of nitrogens with zero attached hydrogens (tertiary/aromatic N) is 1. The van der Waals surface area contributed by atoms with Crippen LogP contribution in [0.2, 0.25) is 10.0 Å². The van der Waals surface area contributed by atoms with Crippen LogP contribution in [0.4, 0.5) is 5.13 Å². The molecule has 0 aliphatic heterocycles. The molecule has 2 aromatic heterocycles. The van der Waals surface area contributed by atoms with Crippen molar-refractivity contribution in [1.82, 2.24) is 4.98 Å². The minimum Gasteiger partial charge on any atom is -0.464 e. The Hall–Kier alpha value is -1.82. The fourth-order valence-electron chi connectivity index (χ4n) is 2.40. The van der Waals surface area contributed by atoms with Crippen LogP contribution in [0.1, 0.15) is 26.8 Å². The van der Waals surface area contributed by atoms with Crippen LogP contribution in [0, 0.1) is 20.8 Å². The number of carbonyl (C=O) groups is 1. The number of aromatic nitrogens is 1. The molecule has 4 nitrogen and oxygen atoms in total. The summed E-state index contributed by atoms with van der Waals surface area (Å²) in [5.41, 5.74) is 2.11. The van der Waals surface area contributed by atoms with Gasteiger partial charge in [0, 0.05) is 15.5 Å². The molecule has 0 atom stereocenters. The van der Waals surface area contributed by atoms with Crippen molar-refractivity contribution < 1.29 is 9.21 Å². The molecule has 0 aliphatic rings. The Morgan fingerprint density at radius 3 is 2.38 bits per heavy atom. The molecule has 3 rings (SSSR count). The number of nitrogens with one attached hydrogen (secondary N) is 1. The Morgan fingerprint density at radius 2 is 1.79 bits per heavy atom. The molecule has 0 radical (unpaired) electrons. The van der Waals surface area contributed by atoms with E-state index in [1.807, 2.05) is 31.2 Å². The highest BCUT2D eigenvalue weighted by atomic mass is 35.5. The molecule has 0 spiro atoms. The lowest BCUT2D eigenvalue weighted by Crippen LogP contribution is -2.12. The van der Waals surface area contributed by atoms with E-state index in [1.165, 1.54) is 11.3 Å². The van der Waals surface area contributed by atoms with Crippen molar-refractivity contribution in [2.75, 3.05) is 5.32 Å². The molecule has 7 heteroatoms. The van der Waals surface area contributed by atoms with E-state index in [0.29, 0.717) is 32.3 Å². The van der Waals surface area contributed by atoms with Crippen molar-refractivity contribution in [2.45, 2.75) is 20.8 Å². The van der Waals surface area contributed by atoms with Crippen LogP contribution >= 0.6 is 34.5 Å². The number of anilines is 1. The van der Waals surface area contributed by atoms with E-state index in [1.54, 1.807) is 13.8 Å². The first-order valence-electron chi connectivity index (χ1n) is 7.17. The number of carbonyl (C=O) groups excluding carboxylic acids is 1. The molecule has 0 saturated heterocycles. The summed E-state index contributed by atoms with van der Waals surface area (Å²) in [7, 11) is 0. The van der Waals surface area contributed by atoms with Gasteiger partial charge in [0.15, 0.2) is 5.13 Å². The van der Waals surface area contributed by atoms with Gasteiger partial charge in [-0.25, -0.2) is 4.98 Å². The Bertz CT molecular complexity index is 914. The van der Waals surface area contributed by atoms with Gasteiger partial charge in [-0.1, -0.05) is 35.3 Å². The number of hydrogen-bond acceptors (Lipinski definition) is 4. The predicted molar refractivity (Wildman–Crippen MR) is 98.4 cm³/mol. The zero-order valence-electron chi connectivity index (χ0n) is 13.2. The van der Waals surface area contributed by atoms with Crippen molar-refractivity contribution in [3.8, 4) is 11.3 Å². The average Bonchev–Trinajstić information content (AvgIpc) is 3.00. The minimum absolute atomic E-state index is 0.328. The van der Waals surface area contributed by atoms with Gasteiger partial charge in [0.1, 0.15) is 11.5 Å². The highest BCUT2D eigenvalue weighted by molar-refractivity contribution is 7.16. The molecule has 24 heavy (non-hydrogen) atoms. The second-order valence-corrected chi connectivity index (χ2v) is 7.31. The predicted octanol–water partition coefficient (Wildman–Crippen LogP) is 5.89. The number of rotatable bonds is 3. The normalized spacial score (nSPS) is 10.9. The van der Waals surface area contributed by atoms with Crippen LogP contribution in [0.5, 0.6) is 0 Å². The molecule has 1 amide bonds. The first-order chi connectivity index (χ1) is 11.4. The molecular weight excluding hydrogens is 367 g/mol. The van der Waals surface area contributed by atoms with Gasteiger partial charge >= 0.3 is 0 Å². The van der Waals surface area contributed by atoms with Crippen molar-refractivity contribution in [3.05, 3.63) is 56.3 Å². The minimum atomic E-state index is -0.328. The molecule has 0 unspecified atom stereocenters. The molecule has 0 bridgehead atoms. The third kappa shape index (κ3) is 3.20. The molecule has 0 saturated carbocycles. The van der Waals surface area contributed by atoms with Gasteiger partial charge < -0.3 is 4.42 Å². The van der Waals surface area contributed by atoms with Gasteiger partial charge in [0.25, 0.3) is 5.91 Å². The third-order valence-corrected chi connectivity index (χ3v) is 5.14. The van der Waals surface area contributed by atoms with Crippen molar-refractivity contribution in [1.29, 1.82) is 0 Å². The standard InChI is InChI=1S/C17H14Cl2N2O2S/c1-8-13(14(19)9(2)23-8)16(22)21-17-20-15(10(3)24-17)11-4-6-12(18)7-5-11/h4-7H,1-3H3,(H,20,21,22). The van der Waals surface area contributed by atoms with Crippen LogP contribution in [-0.2, 0) is 0 Å². The number of benzene rings is 1. The quantitative estimate of drug-likeness (QED) is 0.616. The fourth-order valence-corrected chi connectivity index (χ4v) is 3.62. The summed E-state index contributed by atoms with van der Waals surface area (Å²) in [4.78, 5) is 18.0. The number of hydrogen-bond donors (Lipinski definition) is 1. The average molecular weight is 381 g/mol. The second-order valence-electron chi connectivity index (χ2n) is 5.29. The molecule has 124 valence electrons. The number of thiazole rings is 1. The summed E-state index contributed by atoms with van der Waals surface area (Å²) < 4.78 is 5.39. The smallest absolute Gasteiger partial charge is 0.262 e. The largest absolute Gasteiger partial charge is 0.464 e. The highest BCUT2D eigenvalue weighted by Gasteiger charge is 2.21. The molecule has 1 aromatic carbocycles. The van der Waals surface area contributed by atoms with Gasteiger partial charge in [-0.05, 0) is 32.9 Å². The summed E-state index contributed by atoms with van der Waals surface area (Å²) in [6, 6.07) is 7.42. The zero-order valence-corrected chi connectivity index (χ0v) is 15.6. The van der Waals surface area contributed by atoms with Crippen LogP contribution in [0.25, 0.3) is 11.3 Å². The van der Waals surface area contributed by atoms with E-state index in [2.05, 4.69) is 10.3 Å². The maximum atomic E-state index is 12.5. The highest BCUT2D eigenvalue weighted by Crippen LogP contribution is 2.32. The van der Waals surface area contributed by atoms with Crippen molar-refractivity contribution >= 4 is 45.6 Å². The van der Waals surface area contributed by atoms with Crippen LogP contribution in [0.3, 0.4) is 0 Å². The molecular formula is C17H14Cl2N2O2S. The maximum absolute atomic E-state index is 12.5. The topological polar surface area (TPSA) is 55.1 Å². The summed E-state index contributed by atoms with van der Waals surface area (Å²) >= 11 is 13.5. The lowest BCUT2D eigenvalue weighted by atomic mass is 10.1. The van der Waals surface area contributed by atoms with E-state index in [4.69, 9.17) is 27.6 Å². The van der Waals surface area contributed by atoms with E-state index in [-0.39, 0.29) is 5.91 Å². The monoisotopic (exact) mass is 380 g/mol. The van der Waals surface area contributed by atoms with E-state index in [9.17, 15) is 4.79 Å². The third-order valence-electron chi connectivity index (χ3n) is 3.55. The molecule has 2 heterocycles. The lowest BCUT2D eigenvalue weighted by Gasteiger charge is -2.01. The molecule has 3 aromatic rings. The number of furan rings is 1. The summed E-state index contributed by atoms with van der Waals surface area (Å²) in [5, 5.41) is 4.30. The van der Waals surface area contributed by atoms with Crippen LogP contribution in [-0.4, -0.2) is 10.9 Å². The summed E-state index contributed by atoms with van der Waals surface area (Å²) in [5.74, 6) is 0.684. The Morgan fingerprint density at radius 1 is 1.12 bits per heavy atom. The molecule has 1 N–H and O–H groups in total. The number of aryl methyl sites for hydroxylation is 3. The Balaban J connectivity index is 1.88. The van der Waals surface area contributed by atoms with Gasteiger partial charge in [0.05, 0.1) is 16.3 Å². The van der Waals surface area contributed by atoms with Gasteiger partial charge in [-0.2, -0.15) is 0 Å². The lowest BCUT2D eigenvalue weighted by molar-refractivity contribution is 0.102. The Labute approximate surface area is 153 Å². The van der Waals surface area contributed by atoms with Crippen molar-refractivity contribution in [3.63, 3.8) is 0 Å². The van der Waals surface area contributed by atoms with E-state index in [0.717, 1.165) is 16.1 Å². The van der Waals surface area contributed by atoms with Crippen LogP contribution < -0.4 is 5.32 Å². The first kappa shape index (κ1) is 17.0. The van der Waals surface area contributed by atoms with Gasteiger partial charge in [0.2, 0.25) is 0 Å². The van der Waals surface area contributed by atoms with Gasteiger partial charge in [-0.15, -0.1) is 11.3 Å². The fraction of sp³-hybridized carbons (Fsp3) is 0.176. The van der Waals surface area contributed by atoms with Gasteiger partial charge in [-0.3, -0.25) is 10.1 Å².